The van der Waals surface area contributed by atoms with Gasteiger partial charge in [0.25, 0.3) is 5.91 Å². The molecule has 0 bridgehead atoms. The van der Waals surface area contributed by atoms with Gasteiger partial charge < -0.3 is 14.6 Å². The molecule has 1 aliphatic carbocycles. The molecule has 1 saturated carbocycles. The van der Waals surface area contributed by atoms with Crippen molar-refractivity contribution in [3.05, 3.63) is 24.0 Å². The summed E-state index contributed by atoms with van der Waals surface area (Å²) in [5.41, 5.74) is 0.988. The number of aromatic nitrogens is 1. The van der Waals surface area contributed by atoms with Crippen molar-refractivity contribution in [2.75, 3.05) is 32.8 Å². The van der Waals surface area contributed by atoms with Gasteiger partial charge in [0.1, 0.15) is 5.69 Å². The normalized spacial score (nSPS) is 27.6. The lowest BCUT2D eigenvalue weighted by atomic mass is 9.71. The summed E-state index contributed by atoms with van der Waals surface area (Å²) in [5.74, 6) is 0.525. The topological polar surface area (TPSA) is 48.7 Å². The molecule has 5 heteroatoms. The first-order chi connectivity index (χ1) is 11.6. The standard InChI is InChI=1S/C19H29N3O2/c1-20-9-3-6-17(20)18(24)21-10-7-19(8-11-21)14-22(12-15(19)13-23)16-4-2-5-16/h3,6,9,15-16,23H,2,4-5,7-8,10-14H2,1H3. The SMILES string of the molecule is Cn1cccc1C(=O)N1CCC2(CC1)CN(C1CCC1)CC2CO. The van der Waals surface area contributed by atoms with Gasteiger partial charge in [0, 0.05) is 58.0 Å². The highest BCUT2D eigenvalue weighted by Crippen LogP contribution is 2.46. The first kappa shape index (κ1) is 16.2. The van der Waals surface area contributed by atoms with Crippen LogP contribution in [-0.2, 0) is 7.05 Å². The third-order valence-electron chi connectivity index (χ3n) is 6.86. The molecule has 4 rings (SSSR count). The van der Waals surface area contributed by atoms with Crippen molar-refractivity contribution >= 4 is 5.91 Å². The lowest BCUT2D eigenvalue weighted by molar-refractivity contribution is 0.0379. The predicted octanol–water partition coefficient (Wildman–Crippen LogP) is 1.72. The summed E-state index contributed by atoms with van der Waals surface area (Å²) in [7, 11) is 1.92. The molecule has 0 aromatic carbocycles. The van der Waals surface area contributed by atoms with E-state index in [2.05, 4.69) is 4.90 Å². The highest BCUT2D eigenvalue weighted by molar-refractivity contribution is 5.92. The molecule has 5 nitrogen and oxygen atoms in total. The zero-order valence-corrected chi connectivity index (χ0v) is 14.7. The first-order valence-electron chi connectivity index (χ1n) is 9.38. The summed E-state index contributed by atoms with van der Waals surface area (Å²) in [4.78, 5) is 17.3. The molecule has 1 atom stereocenters. The Morgan fingerprint density at radius 3 is 2.62 bits per heavy atom. The monoisotopic (exact) mass is 331 g/mol. The summed E-state index contributed by atoms with van der Waals surface area (Å²) < 4.78 is 1.90. The zero-order chi connectivity index (χ0) is 16.7. The molecular formula is C19H29N3O2. The minimum atomic E-state index is 0.145. The van der Waals surface area contributed by atoms with E-state index in [0.29, 0.717) is 5.92 Å². The summed E-state index contributed by atoms with van der Waals surface area (Å²) in [5, 5.41) is 9.92. The number of likely N-dealkylation sites (tertiary alicyclic amines) is 2. The molecule has 1 aromatic heterocycles. The van der Waals surface area contributed by atoms with Gasteiger partial charge in [-0.3, -0.25) is 9.69 Å². The minimum Gasteiger partial charge on any atom is -0.396 e. The summed E-state index contributed by atoms with van der Waals surface area (Å²) in [6.45, 7) is 4.09. The van der Waals surface area contributed by atoms with E-state index >= 15 is 0 Å². The van der Waals surface area contributed by atoms with Crippen LogP contribution in [0.4, 0.5) is 0 Å². The molecule has 1 aromatic rings. The third-order valence-corrected chi connectivity index (χ3v) is 6.86. The van der Waals surface area contributed by atoms with Gasteiger partial charge in [-0.1, -0.05) is 6.42 Å². The summed E-state index contributed by atoms with van der Waals surface area (Å²) >= 11 is 0. The zero-order valence-electron chi connectivity index (χ0n) is 14.7. The first-order valence-corrected chi connectivity index (χ1v) is 9.38. The lowest BCUT2D eigenvalue weighted by Gasteiger charge is -2.43. The molecule has 1 unspecified atom stereocenters. The van der Waals surface area contributed by atoms with Crippen LogP contribution in [0, 0.1) is 11.3 Å². The molecule has 24 heavy (non-hydrogen) atoms. The molecule has 2 aliphatic heterocycles. The van der Waals surface area contributed by atoms with Crippen molar-refractivity contribution in [1.82, 2.24) is 14.4 Å². The number of hydrogen-bond donors (Lipinski definition) is 1. The predicted molar refractivity (Wildman–Crippen MR) is 92.8 cm³/mol. The second kappa shape index (κ2) is 6.19. The number of nitrogens with zero attached hydrogens (tertiary/aromatic N) is 3. The Labute approximate surface area is 144 Å². The van der Waals surface area contributed by atoms with Gasteiger partial charge in [-0.2, -0.15) is 0 Å². The Bertz CT molecular complexity index is 600. The number of aliphatic hydroxyl groups is 1. The fourth-order valence-corrected chi connectivity index (χ4v) is 4.92. The molecule has 132 valence electrons. The molecule has 0 radical (unpaired) electrons. The maximum atomic E-state index is 12.7. The Hall–Kier alpha value is -1.33. The number of amides is 1. The number of hydrogen-bond acceptors (Lipinski definition) is 3. The van der Waals surface area contributed by atoms with Gasteiger partial charge in [0.15, 0.2) is 0 Å². The van der Waals surface area contributed by atoms with Crippen LogP contribution < -0.4 is 0 Å². The number of aryl methyl sites for hydroxylation is 1. The Morgan fingerprint density at radius 1 is 1.33 bits per heavy atom. The van der Waals surface area contributed by atoms with Gasteiger partial charge in [-0.15, -0.1) is 0 Å². The van der Waals surface area contributed by atoms with Crippen LogP contribution in [0.2, 0.25) is 0 Å². The molecule has 3 fully saturated rings. The van der Waals surface area contributed by atoms with Gasteiger partial charge in [0.2, 0.25) is 0 Å². The van der Waals surface area contributed by atoms with E-state index < -0.39 is 0 Å². The van der Waals surface area contributed by atoms with Crippen molar-refractivity contribution in [3.8, 4) is 0 Å². The highest BCUT2D eigenvalue weighted by Gasteiger charge is 2.50. The second-order valence-electron chi connectivity index (χ2n) is 8.05. The molecule has 1 spiro atoms. The average Bonchev–Trinajstić information content (AvgIpc) is 3.10. The van der Waals surface area contributed by atoms with Crippen LogP contribution in [0.1, 0.15) is 42.6 Å². The van der Waals surface area contributed by atoms with E-state index in [9.17, 15) is 9.90 Å². The van der Waals surface area contributed by atoms with E-state index in [1.165, 1.54) is 19.3 Å². The van der Waals surface area contributed by atoms with Crippen LogP contribution in [0.15, 0.2) is 18.3 Å². The van der Waals surface area contributed by atoms with Crippen LogP contribution in [-0.4, -0.2) is 64.2 Å². The summed E-state index contributed by atoms with van der Waals surface area (Å²) in [6.07, 6.45) is 7.98. The maximum absolute atomic E-state index is 12.7. The Balaban J connectivity index is 1.43. The van der Waals surface area contributed by atoms with Crippen LogP contribution in [0.3, 0.4) is 0 Å². The van der Waals surface area contributed by atoms with Crippen molar-refractivity contribution in [3.63, 3.8) is 0 Å². The van der Waals surface area contributed by atoms with E-state index in [1.54, 1.807) is 0 Å². The van der Waals surface area contributed by atoms with Crippen LogP contribution in [0.5, 0.6) is 0 Å². The quantitative estimate of drug-likeness (QED) is 0.917. The molecule has 3 aliphatic rings. The smallest absolute Gasteiger partial charge is 0.270 e. The Morgan fingerprint density at radius 2 is 2.08 bits per heavy atom. The molecule has 1 N–H and O–H groups in total. The molecule has 3 heterocycles. The van der Waals surface area contributed by atoms with E-state index in [1.807, 2.05) is 34.8 Å². The van der Waals surface area contributed by atoms with Gasteiger partial charge in [0.05, 0.1) is 0 Å². The van der Waals surface area contributed by atoms with E-state index in [4.69, 9.17) is 0 Å². The minimum absolute atomic E-state index is 0.145. The average molecular weight is 331 g/mol. The third kappa shape index (κ3) is 2.58. The van der Waals surface area contributed by atoms with E-state index in [-0.39, 0.29) is 17.9 Å². The van der Waals surface area contributed by atoms with Crippen molar-refractivity contribution in [2.45, 2.75) is 38.1 Å². The second-order valence-corrected chi connectivity index (χ2v) is 8.05. The fourth-order valence-electron chi connectivity index (χ4n) is 4.92. The van der Waals surface area contributed by atoms with E-state index in [0.717, 1.165) is 50.8 Å². The largest absolute Gasteiger partial charge is 0.396 e. The molecule has 1 amide bonds. The van der Waals surface area contributed by atoms with Gasteiger partial charge >= 0.3 is 0 Å². The fraction of sp³-hybridized carbons (Fsp3) is 0.737. The van der Waals surface area contributed by atoms with Crippen molar-refractivity contribution < 1.29 is 9.90 Å². The van der Waals surface area contributed by atoms with Crippen LogP contribution >= 0.6 is 0 Å². The van der Waals surface area contributed by atoms with Gasteiger partial charge in [-0.25, -0.2) is 0 Å². The van der Waals surface area contributed by atoms with Crippen LogP contribution in [0.25, 0.3) is 0 Å². The van der Waals surface area contributed by atoms with Crippen molar-refractivity contribution in [1.29, 1.82) is 0 Å². The number of aliphatic hydroxyl groups excluding tert-OH is 1. The Kier molecular flexibility index (Phi) is 4.17. The molecule has 2 saturated heterocycles. The number of carbonyl (C=O) groups excluding carboxylic acids is 1. The molecular weight excluding hydrogens is 302 g/mol. The maximum Gasteiger partial charge on any atom is 0.270 e. The number of carbonyl (C=O) groups is 1. The lowest BCUT2D eigenvalue weighted by Crippen LogP contribution is -2.48. The van der Waals surface area contributed by atoms with Crippen molar-refractivity contribution in [2.24, 2.45) is 18.4 Å². The highest BCUT2D eigenvalue weighted by atomic mass is 16.3. The summed E-state index contributed by atoms with van der Waals surface area (Å²) in [6, 6.07) is 4.58. The van der Waals surface area contributed by atoms with Gasteiger partial charge in [-0.05, 0) is 43.2 Å². The number of piperidine rings is 1. The number of rotatable bonds is 3.